The van der Waals surface area contributed by atoms with Crippen LogP contribution < -0.4 is 5.32 Å². The van der Waals surface area contributed by atoms with Crippen molar-refractivity contribution in [2.45, 2.75) is 31.8 Å². The maximum absolute atomic E-state index is 11.8. The number of rotatable bonds is 4. The van der Waals surface area contributed by atoms with E-state index in [4.69, 9.17) is 0 Å². The Kier molecular flexibility index (Phi) is 3.99. The van der Waals surface area contributed by atoms with Gasteiger partial charge in [0.25, 0.3) is 5.91 Å². The number of hydrogen-bond donors (Lipinski definition) is 1. The van der Waals surface area contributed by atoms with Gasteiger partial charge in [-0.3, -0.25) is 9.00 Å². The Labute approximate surface area is 108 Å². The number of carbonyl (C=O) groups is 1. The Morgan fingerprint density at radius 3 is 2.94 bits per heavy atom. The predicted octanol–water partition coefficient (Wildman–Crippen LogP) is 2.29. The summed E-state index contributed by atoms with van der Waals surface area (Å²) in [7, 11) is -0.743. The molecule has 17 heavy (non-hydrogen) atoms. The second-order valence-corrected chi connectivity index (χ2v) is 7.32. The van der Waals surface area contributed by atoms with Gasteiger partial charge < -0.3 is 5.32 Å². The summed E-state index contributed by atoms with van der Waals surface area (Å²) in [6, 6.07) is 1.90. The van der Waals surface area contributed by atoms with Crippen LogP contribution in [0.5, 0.6) is 0 Å². The van der Waals surface area contributed by atoms with E-state index in [1.807, 2.05) is 6.07 Å². The maximum atomic E-state index is 11.8. The molecule has 2 rings (SSSR count). The number of hydrogen-bond acceptors (Lipinski definition) is 3. The van der Waals surface area contributed by atoms with Gasteiger partial charge in [0.2, 0.25) is 0 Å². The third-order valence-corrected chi connectivity index (χ3v) is 5.34. The van der Waals surface area contributed by atoms with Crippen LogP contribution in [-0.4, -0.2) is 16.7 Å². The van der Waals surface area contributed by atoms with Crippen LogP contribution in [0.3, 0.4) is 0 Å². The van der Waals surface area contributed by atoms with Crippen molar-refractivity contribution in [1.82, 2.24) is 5.32 Å². The van der Waals surface area contributed by atoms with Crippen LogP contribution in [0.2, 0.25) is 0 Å². The molecule has 2 heterocycles. The highest BCUT2D eigenvalue weighted by molar-refractivity contribution is 7.84. The van der Waals surface area contributed by atoms with E-state index in [9.17, 15) is 9.00 Å². The monoisotopic (exact) mass is 271 g/mol. The normalized spacial score (nSPS) is 18.4. The number of nitrogens with one attached hydrogen (secondary N) is 1. The SMILES string of the molecule is CC(C)CCNC(=O)c1cc2c(s1)CS(=O)C2. The quantitative estimate of drug-likeness (QED) is 0.913. The molecule has 1 aliphatic heterocycles. The smallest absolute Gasteiger partial charge is 0.261 e. The maximum Gasteiger partial charge on any atom is 0.261 e. The van der Waals surface area contributed by atoms with Crippen molar-refractivity contribution < 1.29 is 9.00 Å². The van der Waals surface area contributed by atoms with Crippen molar-refractivity contribution in [1.29, 1.82) is 0 Å². The first-order chi connectivity index (χ1) is 8.06. The molecular formula is C12H17NO2S2. The lowest BCUT2D eigenvalue weighted by atomic mass is 10.1. The van der Waals surface area contributed by atoms with E-state index in [0.29, 0.717) is 17.4 Å². The summed E-state index contributed by atoms with van der Waals surface area (Å²) in [5.74, 6) is 1.85. The Hall–Kier alpha value is -0.680. The molecule has 1 aliphatic rings. The Bertz CT molecular complexity index is 426. The highest BCUT2D eigenvalue weighted by Crippen LogP contribution is 2.30. The van der Waals surface area contributed by atoms with Crippen molar-refractivity contribution in [3.63, 3.8) is 0 Å². The summed E-state index contributed by atoms with van der Waals surface area (Å²) in [5, 5.41) is 2.93. The highest BCUT2D eigenvalue weighted by Gasteiger charge is 2.22. The standard InChI is InChI=1S/C12H17NO2S2/c1-8(2)3-4-13-12(14)10-5-9-6-17(15)7-11(9)16-10/h5,8H,3-4,6-7H2,1-2H3,(H,13,14). The Balaban J connectivity index is 1.92. The topological polar surface area (TPSA) is 46.2 Å². The van der Waals surface area contributed by atoms with Crippen LogP contribution in [0.4, 0.5) is 0 Å². The van der Waals surface area contributed by atoms with Crippen LogP contribution in [0.1, 0.15) is 40.4 Å². The summed E-state index contributed by atoms with van der Waals surface area (Å²) >= 11 is 1.49. The third kappa shape index (κ3) is 3.16. The van der Waals surface area contributed by atoms with Gasteiger partial charge in [-0.05, 0) is 24.0 Å². The fraction of sp³-hybridized carbons (Fsp3) is 0.583. The van der Waals surface area contributed by atoms with Crippen molar-refractivity contribution in [2.75, 3.05) is 6.54 Å². The highest BCUT2D eigenvalue weighted by atomic mass is 32.2. The lowest BCUT2D eigenvalue weighted by molar-refractivity contribution is 0.0956. The first-order valence-corrected chi connectivity index (χ1v) is 8.11. The fourth-order valence-electron chi connectivity index (χ4n) is 1.75. The van der Waals surface area contributed by atoms with Crippen molar-refractivity contribution in [3.05, 3.63) is 21.4 Å². The van der Waals surface area contributed by atoms with Gasteiger partial charge >= 0.3 is 0 Å². The molecule has 0 radical (unpaired) electrons. The molecule has 0 saturated heterocycles. The minimum absolute atomic E-state index is 0.0100. The van der Waals surface area contributed by atoms with E-state index in [2.05, 4.69) is 19.2 Å². The lowest BCUT2D eigenvalue weighted by Gasteiger charge is -2.05. The molecule has 94 valence electrons. The van der Waals surface area contributed by atoms with Crippen LogP contribution in [0.15, 0.2) is 6.07 Å². The molecular weight excluding hydrogens is 254 g/mol. The molecule has 0 aliphatic carbocycles. The Morgan fingerprint density at radius 1 is 1.53 bits per heavy atom. The molecule has 1 amide bonds. The first-order valence-electron chi connectivity index (χ1n) is 5.81. The summed E-state index contributed by atoms with van der Waals surface area (Å²) in [6.45, 7) is 5.01. The summed E-state index contributed by atoms with van der Waals surface area (Å²) < 4.78 is 11.3. The number of amides is 1. The van der Waals surface area contributed by atoms with Crippen LogP contribution in [0, 0.1) is 5.92 Å². The third-order valence-electron chi connectivity index (χ3n) is 2.74. The minimum atomic E-state index is -0.743. The average molecular weight is 271 g/mol. The van der Waals surface area contributed by atoms with Gasteiger partial charge in [0.15, 0.2) is 0 Å². The van der Waals surface area contributed by atoms with Gasteiger partial charge in [-0.25, -0.2) is 0 Å². The van der Waals surface area contributed by atoms with E-state index in [-0.39, 0.29) is 5.91 Å². The van der Waals surface area contributed by atoms with Crippen LogP contribution in [0.25, 0.3) is 0 Å². The van der Waals surface area contributed by atoms with Crippen molar-refractivity contribution in [3.8, 4) is 0 Å². The summed E-state index contributed by atoms with van der Waals surface area (Å²) in [5.41, 5.74) is 1.10. The molecule has 1 atom stereocenters. The molecule has 3 nitrogen and oxygen atoms in total. The minimum Gasteiger partial charge on any atom is -0.351 e. The molecule has 1 N–H and O–H groups in total. The second kappa shape index (κ2) is 5.31. The molecule has 0 aromatic carbocycles. The Morgan fingerprint density at radius 2 is 2.29 bits per heavy atom. The van der Waals surface area contributed by atoms with Gasteiger partial charge in [0, 0.05) is 22.2 Å². The molecule has 1 unspecified atom stereocenters. The zero-order chi connectivity index (χ0) is 12.4. The number of carbonyl (C=O) groups excluding carboxylic acids is 1. The second-order valence-electron chi connectivity index (χ2n) is 4.73. The lowest BCUT2D eigenvalue weighted by Crippen LogP contribution is -2.24. The molecule has 0 fully saturated rings. The molecule has 1 aromatic rings. The zero-order valence-electron chi connectivity index (χ0n) is 10.1. The first kappa shape index (κ1) is 12.8. The van der Waals surface area contributed by atoms with E-state index in [1.165, 1.54) is 11.3 Å². The van der Waals surface area contributed by atoms with Gasteiger partial charge in [-0.2, -0.15) is 0 Å². The largest absolute Gasteiger partial charge is 0.351 e. The van der Waals surface area contributed by atoms with Gasteiger partial charge in [-0.15, -0.1) is 11.3 Å². The zero-order valence-corrected chi connectivity index (χ0v) is 11.7. The number of fused-ring (bicyclic) bond motifs is 1. The van der Waals surface area contributed by atoms with Gasteiger partial charge in [0.1, 0.15) is 0 Å². The van der Waals surface area contributed by atoms with Gasteiger partial charge in [0.05, 0.1) is 16.4 Å². The molecule has 0 saturated carbocycles. The van der Waals surface area contributed by atoms with E-state index in [0.717, 1.165) is 28.3 Å². The van der Waals surface area contributed by atoms with Crippen LogP contribution in [-0.2, 0) is 22.3 Å². The molecule has 0 spiro atoms. The van der Waals surface area contributed by atoms with Crippen molar-refractivity contribution >= 4 is 28.0 Å². The fourth-order valence-corrected chi connectivity index (χ4v) is 4.55. The summed E-state index contributed by atoms with van der Waals surface area (Å²) in [6.07, 6.45) is 1.00. The predicted molar refractivity (Wildman–Crippen MR) is 71.7 cm³/mol. The number of thiophene rings is 1. The van der Waals surface area contributed by atoms with Crippen LogP contribution >= 0.6 is 11.3 Å². The average Bonchev–Trinajstić information content (AvgIpc) is 2.73. The van der Waals surface area contributed by atoms with Crippen molar-refractivity contribution in [2.24, 2.45) is 5.92 Å². The molecule has 5 heteroatoms. The van der Waals surface area contributed by atoms with E-state index >= 15 is 0 Å². The van der Waals surface area contributed by atoms with Gasteiger partial charge in [-0.1, -0.05) is 13.8 Å². The molecule has 0 bridgehead atoms. The van der Waals surface area contributed by atoms with E-state index < -0.39 is 10.8 Å². The van der Waals surface area contributed by atoms with E-state index in [1.54, 1.807) is 0 Å². The summed E-state index contributed by atoms with van der Waals surface area (Å²) in [4.78, 5) is 13.7. The molecule has 1 aromatic heterocycles.